The highest BCUT2D eigenvalue weighted by Gasteiger charge is 2.01. The molecule has 0 aromatic heterocycles. The van der Waals surface area contributed by atoms with Crippen molar-refractivity contribution in [2.24, 2.45) is 4.99 Å². The van der Waals surface area contributed by atoms with Gasteiger partial charge in [0.05, 0.1) is 5.16 Å². The van der Waals surface area contributed by atoms with Crippen molar-refractivity contribution in [1.29, 1.82) is 0 Å². The Hall–Kier alpha value is -0.860. The van der Waals surface area contributed by atoms with Crippen LogP contribution in [0.5, 0.6) is 0 Å². The van der Waals surface area contributed by atoms with Crippen molar-refractivity contribution >= 4 is 29.1 Å². The van der Waals surface area contributed by atoms with Crippen LogP contribution in [0.25, 0.3) is 0 Å². The number of carbonyl (C=O) groups excluding carboxylic acids is 2. The van der Waals surface area contributed by atoms with Crippen molar-refractivity contribution in [2.45, 2.75) is 6.92 Å². The minimum Gasteiger partial charge on any atom is -0.289 e. The van der Waals surface area contributed by atoms with Crippen molar-refractivity contribution in [2.75, 3.05) is 0 Å². The standard InChI is InChI=1S/C4H3NO2S/c1-3(6)4(7)5-2-8/h1H3. The maximum atomic E-state index is 10.1. The Balaban J connectivity index is 4.05. The molecule has 0 saturated heterocycles. The monoisotopic (exact) mass is 129 g/mol. The Morgan fingerprint density at radius 1 is 1.62 bits per heavy atom. The maximum Gasteiger partial charge on any atom is 0.321 e. The molecular weight excluding hydrogens is 126 g/mol. The van der Waals surface area contributed by atoms with Gasteiger partial charge in [0, 0.05) is 6.92 Å². The van der Waals surface area contributed by atoms with Gasteiger partial charge in [-0.25, -0.2) is 0 Å². The van der Waals surface area contributed by atoms with Crippen LogP contribution < -0.4 is 0 Å². The number of ketones is 1. The van der Waals surface area contributed by atoms with Gasteiger partial charge in [-0.15, -0.1) is 4.99 Å². The van der Waals surface area contributed by atoms with Gasteiger partial charge in [0.1, 0.15) is 0 Å². The van der Waals surface area contributed by atoms with Crippen LogP contribution in [-0.4, -0.2) is 16.9 Å². The summed E-state index contributed by atoms with van der Waals surface area (Å²) >= 11 is 4.06. The van der Waals surface area contributed by atoms with Gasteiger partial charge in [0.2, 0.25) is 5.78 Å². The van der Waals surface area contributed by atoms with Gasteiger partial charge in [0.25, 0.3) is 0 Å². The zero-order valence-corrected chi connectivity index (χ0v) is 4.99. The summed E-state index contributed by atoms with van der Waals surface area (Å²) in [6.45, 7) is 1.12. The fraction of sp³-hybridized carbons (Fsp3) is 0.250. The summed E-state index contributed by atoms with van der Waals surface area (Å²) in [5.41, 5.74) is 0. The van der Waals surface area contributed by atoms with Crippen LogP contribution in [0.4, 0.5) is 0 Å². The Morgan fingerprint density at radius 2 is 2.12 bits per heavy atom. The molecule has 0 unspecified atom stereocenters. The van der Waals surface area contributed by atoms with Gasteiger partial charge in [-0.2, -0.15) is 0 Å². The number of carbonyl (C=O) groups is 2. The van der Waals surface area contributed by atoms with E-state index in [-0.39, 0.29) is 0 Å². The zero-order valence-electron chi connectivity index (χ0n) is 4.17. The predicted octanol–water partition coefficient (Wildman–Crippen LogP) is 0.205. The Bertz CT molecular complexity index is 165. The number of hydrogen-bond donors (Lipinski definition) is 0. The van der Waals surface area contributed by atoms with E-state index < -0.39 is 11.7 Å². The van der Waals surface area contributed by atoms with Gasteiger partial charge in [0.15, 0.2) is 0 Å². The number of Topliss-reactive ketones (excluding diaryl/α,β-unsaturated/α-hetero) is 1. The van der Waals surface area contributed by atoms with Crippen LogP contribution in [0.15, 0.2) is 4.99 Å². The number of rotatable bonds is 1. The third kappa shape index (κ3) is 2.34. The zero-order chi connectivity index (χ0) is 6.57. The molecule has 0 atom stereocenters. The molecule has 0 radical (unpaired) electrons. The lowest BCUT2D eigenvalue weighted by molar-refractivity contribution is -0.134. The molecule has 0 N–H and O–H groups in total. The van der Waals surface area contributed by atoms with Crippen LogP contribution >= 0.6 is 12.2 Å². The molecule has 0 bridgehead atoms. The van der Waals surface area contributed by atoms with E-state index in [4.69, 9.17) is 0 Å². The molecular formula is C4H3NO2S. The fourth-order valence-electron chi connectivity index (χ4n) is 0.120. The lowest BCUT2D eigenvalue weighted by atomic mass is 10.4. The summed E-state index contributed by atoms with van der Waals surface area (Å²) in [6.07, 6.45) is 0. The van der Waals surface area contributed by atoms with Crippen molar-refractivity contribution in [1.82, 2.24) is 0 Å². The molecule has 42 valence electrons. The van der Waals surface area contributed by atoms with Gasteiger partial charge >= 0.3 is 5.91 Å². The lowest BCUT2D eigenvalue weighted by Gasteiger charge is -1.75. The number of aliphatic imine (C=N–C) groups is 1. The van der Waals surface area contributed by atoms with E-state index in [9.17, 15) is 9.59 Å². The van der Waals surface area contributed by atoms with Crippen molar-refractivity contribution in [3.63, 3.8) is 0 Å². The molecule has 0 aliphatic carbocycles. The summed E-state index contributed by atoms with van der Waals surface area (Å²) in [5, 5.41) is 1.79. The van der Waals surface area contributed by atoms with Crippen LogP contribution in [0.2, 0.25) is 0 Å². The van der Waals surface area contributed by atoms with E-state index in [0.29, 0.717) is 0 Å². The summed E-state index contributed by atoms with van der Waals surface area (Å²) in [4.78, 5) is 23.0. The minimum absolute atomic E-state index is 0.623. The largest absolute Gasteiger partial charge is 0.321 e. The molecule has 0 spiro atoms. The molecule has 0 aromatic carbocycles. The number of amides is 1. The molecule has 0 saturated carbocycles. The van der Waals surface area contributed by atoms with Gasteiger partial charge in [-0.3, -0.25) is 9.59 Å². The molecule has 0 aliphatic heterocycles. The Kier molecular flexibility index (Phi) is 2.84. The molecule has 0 aliphatic rings. The molecule has 0 fully saturated rings. The van der Waals surface area contributed by atoms with E-state index in [1.54, 1.807) is 5.16 Å². The molecule has 3 nitrogen and oxygen atoms in total. The normalized spacial score (nSPS) is 7.12. The fourth-order valence-corrected chi connectivity index (χ4v) is 0.203. The lowest BCUT2D eigenvalue weighted by Crippen LogP contribution is -2.04. The molecule has 8 heavy (non-hydrogen) atoms. The predicted molar refractivity (Wildman–Crippen MR) is 30.7 cm³/mol. The number of hydrogen-bond acceptors (Lipinski definition) is 3. The highest BCUT2D eigenvalue weighted by Crippen LogP contribution is 1.73. The second-order valence-corrected chi connectivity index (χ2v) is 1.25. The van der Waals surface area contributed by atoms with E-state index in [0.717, 1.165) is 6.92 Å². The average Bonchev–Trinajstić information content (AvgIpc) is 1.67. The highest BCUT2D eigenvalue weighted by molar-refractivity contribution is 7.78. The van der Waals surface area contributed by atoms with Crippen LogP contribution in [0, 0.1) is 0 Å². The summed E-state index contributed by atoms with van der Waals surface area (Å²) < 4.78 is 0. The van der Waals surface area contributed by atoms with Gasteiger partial charge < -0.3 is 0 Å². The second kappa shape index (κ2) is 3.18. The van der Waals surface area contributed by atoms with E-state index in [1.165, 1.54) is 0 Å². The average molecular weight is 129 g/mol. The Labute approximate surface area is 51.4 Å². The van der Waals surface area contributed by atoms with Crippen LogP contribution in [-0.2, 0) is 9.59 Å². The third-order valence-corrected chi connectivity index (χ3v) is 0.540. The smallest absolute Gasteiger partial charge is 0.289 e. The first-order valence-corrected chi connectivity index (χ1v) is 2.22. The molecule has 1 amide bonds. The summed E-state index contributed by atoms with van der Waals surface area (Å²) in [7, 11) is 0. The van der Waals surface area contributed by atoms with E-state index in [1.807, 2.05) is 0 Å². The van der Waals surface area contributed by atoms with Crippen molar-refractivity contribution in [3.8, 4) is 0 Å². The minimum atomic E-state index is -0.847. The third-order valence-electron chi connectivity index (χ3n) is 0.448. The maximum absolute atomic E-state index is 10.1. The first-order valence-electron chi connectivity index (χ1n) is 1.81. The SMILES string of the molecule is CC(=O)C(=O)N=C=S. The second-order valence-electron chi connectivity index (χ2n) is 1.06. The van der Waals surface area contributed by atoms with Crippen LogP contribution in [0.3, 0.4) is 0 Å². The number of isothiocyanates is 1. The van der Waals surface area contributed by atoms with Gasteiger partial charge in [-0.1, -0.05) is 0 Å². The molecule has 0 heterocycles. The quantitative estimate of drug-likeness (QED) is 0.289. The van der Waals surface area contributed by atoms with E-state index >= 15 is 0 Å². The van der Waals surface area contributed by atoms with Gasteiger partial charge in [-0.05, 0) is 12.2 Å². The summed E-state index contributed by atoms with van der Waals surface area (Å²) in [6, 6.07) is 0. The molecule has 0 rings (SSSR count). The summed E-state index contributed by atoms with van der Waals surface area (Å²) in [5.74, 6) is -1.47. The molecule has 4 heteroatoms. The number of thiocarbonyl (C=S) groups is 1. The molecule has 0 aromatic rings. The van der Waals surface area contributed by atoms with Crippen molar-refractivity contribution < 1.29 is 9.59 Å². The topological polar surface area (TPSA) is 46.5 Å². The first-order chi connectivity index (χ1) is 3.68. The number of nitrogens with zero attached hydrogens (tertiary/aromatic N) is 1. The first kappa shape index (κ1) is 7.14. The van der Waals surface area contributed by atoms with E-state index in [2.05, 4.69) is 17.2 Å². The van der Waals surface area contributed by atoms with Crippen molar-refractivity contribution in [3.05, 3.63) is 0 Å². The Morgan fingerprint density at radius 3 is 2.25 bits per heavy atom. The highest BCUT2D eigenvalue weighted by atomic mass is 32.1. The van der Waals surface area contributed by atoms with Crippen LogP contribution in [0.1, 0.15) is 6.92 Å².